The second-order valence-corrected chi connectivity index (χ2v) is 6.51. The highest BCUT2D eigenvalue weighted by Gasteiger charge is 2.22. The van der Waals surface area contributed by atoms with Gasteiger partial charge in [0, 0.05) is 6.54 Å². The van der Waals surface area contributed by atoms with Crippen molar-refractivity contribution in [2.75, 3.05) is 26.2 Å². The molecule has 21 heavy (non-hydrogen) atoms. The molecular formula is C17H25NO3. The molecular weight excluding hydrogens is 266 g/mol. The smallest absolute Gasteiger partial charge is 0.339 e. The fourth-order valence-electron chi connectivity index (χ4n) is 2.76. The molecule has 0 saturated carbocycles. The van der Waals surface area contributed by atoms with Crippen LogP contribution in [0.1, 0.15) is 43.5 Å². The van der Waals surface area contributed by atoms with E-state index in [2.05, 4.69) is 18.7 Å². The largest absolute Gasteiger partial charge is 0.491 e. The van der Waals surface area contributed by atoms with Crippen LogP contribution in [0, 0.1) is 5.41 Å². The molecule has 0 radical (unpaired) electrons. The summed E-state index contributed by atoms with van der Waals surface area (Å²) >= 11 is 0. The molecule has 116 valence electrons. The van der Waals surface area contributed by atoms with Gasteiger partial charge in [-0.15, -0.1) is 0 Å². The number of para-hydroxylation sites is 1. The van der Waals surface area contributed by atoms with Gasteiger partial charge in [-0.05, 0) is 49.9 Å². The van der Waals surface area contributed by atoms with E-state index in [1.54, 1.807) is 24.3 Å². The fraction of sp³-hybridized carbons (Fsp3) is 0.588. The molecule has 0 aromatic heterocycles. The number of aromatic carboxylic acids is 1. The summed E-state index contributed by atoms with van der Waals surface area (Å²) in [5, 5.41) is 9.12. The van der Waals surface area contributed by atoms with Crippen LogP contribution in [0.5, 0.6) is 5.75 Å². The van der Waals surface area contributed by atoms with Crippen molar-refractivity contribution in [2.24, 2.45) is 5.41 Å². The zero-order chi connectivity index (χ0) is 15.3. The zero-order valence-corrected chi connectivity index (χ0v) is 13.0. The number of nitrogens with zero attached hydrogens (tertiary/aromatic N) is 1. The minimum absolute atomic E-state index is 0.231. The molecule has 0 atom stereocenters. The van der Waals surface area contributed by atoms with Crippen LogP contribution < -0.4 is 4.74 Å². The normalized spacial score (nSPS) is 19.0. The Balaban J connectivity index is 1.83. The fourth-order valence-corrected chi connectivity index (χ4v) is 2.76. The third kappa shape index (κ3) is 4.74. The zero-order valence-electron chi connectivity index (χ0n) is 13.0. The van der Waals surface area contributed by atoms with E-state index in [-0.39, 0.29) is 5.56 Å². The van der Waals surface area contributed by atoms with Crippen molar-refractivity contribution in [3.05, 3.63) is 29.8 Å². The lowest BCUT2D eigenvalue weighted by Gasteiger charge is -2.23. The maximum Gasteiger partial charge on any atom is 0.339 e. The van der Waals surface area contributed by atoms with E-state index in [4.69, 9.17) is 9.84 Å². The Morgan fingerprint density at radius 3 is 2.81 bits per heavy atom. The average Bonchev–Trinajstić information content (AvgIpc) is 2.60. The van der Waals surface area contributed by atoms with Crippen LogP contribution in [0.2, 0.25) is 0 Å². The van der Waals surface area contributed by atoms with Crippen LogP contribution in [0.15, 0.2) is 24.3 Å². The van der Waals surface area contributed by atoms with Crippen molar-refractivity contribution in [2.45, 2.75) is 33.1 Å². The summed E-state index contributed by atoms with van der Waals surface area (Å²) in [6, 6.07) is 6.81. The van der Waals surface area contributed by atoms with Crippen LogP contribution in [0.25, 0.3) is 0 Å². The number of carboxylic acids is 1. The highest BCUT2D eigenvalue weighted by molar-refractivity contribution is 5.90. The summed E-state index contributed by atoms with van der Waals surface area (Å²) < 4.78 is 5.67. The number of ether oxygens (including phenoxy) is 1. The van der Waals surface area contributed by atoms with Gasteiger partial charge in [0.05, 0.1) is 0 Å². The van der Waals surface area contributed by atoms with Crippen LogP contribution in [-0.2, 0) is 0 Å². The molecule has 1 aliphatic heterocycles. The first-order valence-electron chi connectivity index (χ1n) is 7.65. The number of hydrogen-bond donors (Lipinski definition) is 1. The van der Waals surface area contributed by atoms with Gasteiger partial charge in [-0.1, -0.05) is 26.0 Å². The highest BCUT2D eigenvalue weighted by Crippen LogP contribution is 2.29. The Labute approximate surface area is 126 Å². The predicted octanol–water partition coefficient (Wildman–Crippen LogP) is 3.28. The van der Waals surface area contributed by atoms with Gasteiger partial charge < -0.3 is 9.84 Å². The lowest BCUT2D eigenvalue weighted by Crippen LogP contribution is -2.30. The van der Waals surface area contributed by atoms with Gasteiger partial charge in [0.2, 0.25) is 0 Å². The van der Waals surface area contributed by atoms with E-state index in [0.717, 1.165) is 19.6 Å². The summed E-state index contributed by atoms with van der Waals surface area (Å²) in [7, 11) is 0. The maximum absolute atomic E-state index is 11.1. The Morgan fingerprint density at radius 2 is 2.05 bits per heavy atom. The van der Waals surface area contributed by atoms with Crippen molar-refractivity contribution in [1.29, 1.82) is 0 Å². The van der Waals surface area contributed by atoms with Gasteiger partial charge in [-0.2, -0.15) is 0 Å². The molecule has 4 nitrogen and oxygen atoms in total. The predicted molar refractivity (Wildman–Crippen MR) is 83.0 cm³/mol. The summed E-state index contributed by atoms with van der Waals surface area (Å²) in [4.78, 5) is 13.5. The summed E-state index contributed by atoms with van der Waals surface area (Å²) in [6.45, 7) is 8.24. The second kappa shape index (κ2) is 6.94. The van der Waals surface area contributed by atoms with Gasteiger partial charge in [0.15, 0.2) is 0 Å². The number of hydrogen-bond acceptors (Lipinski definition) is 3. The number of carboxylic acid groups (broad SMARTS) is 1. The van der Waals surface area contributed by atoms with E-state index in [0.29, 0.717) is 17.8 Å². The van der Waals surface area contributed by atoms with E-state index in [1.165, 1.54) is 19.3 Å². The SMILES string of the molecule is CC1(C)CCCN(CCOc2ccccc2C(=O)O)CC1. The summed E-state index contributed by atoms with van der Waals surface area (Å²) in [5.74, 6) is -0.484. The Bertz CT molecular complexity index is 485. The van der Waals surface area contributed by atoms with Crippen LogP contribution in [0.3, 0.4) is 0 Å². The molecule has 1 aromatic carbocycles. The van der Waals surface area contributed by atoms with Gasteiger partial charge in [0.1, 0.15) is 17.9 Å². The first-order chi connectivity index (χ1) is 9.98. The molecule has 0 bridgehead atoms. The molecule has 1 N–H and O–H groups in total. The number of likely N-dealkylation sites (tertiary alicyclic amines) is 1. The molecule has 4 heteroatoms. The van der Waals surface area contributed by atoms with E-state index >= 15 is 0 Å². The molecule has 1 fully saturated rings. The molecule has 0 unspecified atom stereocenters. The standard InChI is InChI=1S/C17H25NO3/c1-17(2)8-5-10-18(11-9-17)12-13-21-15-7-4-3-6-14(15)16(19)20/h3-4,6-7H,5,8-13H2,1-2H3,(H,19,20). The first kappa shape index (κ1) is 15.8. The van der Waals surface area contributed by atoms with Crippen molar-refractivity contribution in [1.82, 2.24) is 4.90 Å². The van der Waals surface area contributed by atoms with Gasteiger partial charge >= 0.3 is 5.97 Å². The van der Waals surface area contributed by atoms with Crippen molar-refractivity contribution < 1.29 is 14.6 Å². The Morgan fingerprint density at radius 1 is 1.29 bits per heavy atom. The lowest BCUT2D eigenvalue weighted by molar-refractivity contribution is 0.0691. The highest BCUT2D eigenvalue weighted by atomic mass is 16.5. The number of carbonyl (C=O) groups is 1. The Kier molecular flexibility index (Phi) is 5.23. The quantitative estimate of drug-likeness (QED) is 0.904. The van der Waals surface area contributed by atoms with Crippen LogP contribution in [0.4, 0.5) is 0 Å². The van der Waals surface area contributed by atoms with E-state index in [9.17, 15) is 4.79 Å². The van der Waals surface area contributed by atoms with E-state index in [1.807, 2.05) is 0 Å². The topological polar surface area (TPSA) is 49.8 Å². The summed E-state index contributed by atoms with van der Waals surface area (Å²) in [6.07, 6.45) is 3.70. The van der Waals surface area contributed by atoms with Crippen molar-refractivity contribution >= 4 is 5.97 Å². The van der Waals surface area contributed by atoms with Crippen LogP contribution in [-0.4, -0.2) is 42.2 Å². The maximum atomic E-state index is 11.1. The molecule has 2 rings (SSSR count). The van der Waals surface area contributed by atoms with E-state index < -0.39 is 5.97 Å². The third-order valence-electron chi connectivity index (χ3n) is 4.22. The van der Waals surface area contributed by atoms with Gasteiger partial charge in [0.25, 0.3) is 0 Å². The molecule has 1 saturated heterocycles. The third-order valence-corrected chi connectivity index (χ3v) is 4.22. The first-order valence-corrected chi connectivity index (χ1v) is 7.65. The molecule has 0 amide bonds. The minimum atomic E-state index is -0.942. The van der Waals surface area contributed by atoms with Crippen molar-refractivity contribution in [3.8, 4) is 5.75 Å². The number of benzene rings is 1. The molecule has 0 spiro atoms. The average molecular weight is 291 g/mol. The molecule has 1 aromatic rings. The second-order valence-electron chi connectivity index (χ2n) is 6.51. The van der Waals surface area contributed by atoms with Crippen molar-refractivity contribution in [3.63, 3.8) is 0 Å². The molecule has 1 heterocycles. The molecule has 1 aliphatic rings. The minimum Gasteiger partial charge on any atom is -0.491 e. The summed E-state index contributed by atoms with van der Waals surface area (Å²) in [5.41, 5.74) is 0.667. The number of rotatable bonds is 5. The lowest BCUT2D eigenvalue weighted by atomic mass is 9.85. The van der Waals surface area contributed by atoms with Crippen LogP contribution >= 0.6 is 0 Å². The monoisotopic (exact) mass is 291 g/mol. The van der Waals surface area contributed by atoms with Gasteiger partial charge in [-0.25, -0.2) is 4.79 Å². The molecule has 0 aliphatic carbocycles. The van der Waals surface area contributed by atoms with Gasteiger partial charge in [-0.3, -0.25) is 4.90 Å². The Hall–Kier alpha value is -1.55.